The first-order valence-corrected chi connectivity index (χ1v) is 8.22. The van der Waals surface area contributed by atoms with Crippen molar-refractivity contribution in [3.63, 3.8) is 0 Å². The fourth-order valence-electron chi connectivity index (χ4n) is 2.66. The van der Waals surface area contributed by atoms with Gasteiger partial charge in [0.25, 0.3) is 5.91 Å². The first-order chi connectivity index (χ1) is 10.9. The number of hydrogen-bond acceptors (Lipinski definition) is 2. The van der Waals surface area contributed by atoms with Gasteiger partial charge in [0.15, 0.2) is 0 Å². The lowest BCUT2D eigenvalue weighted by Crippen LogP contribution is -2.35. The molecule has 0 bridgehead atoms. The number of rotatable bonds is 4. The van der Waals surface area contributed by atoms with E-state index in [4.69, 9.17) is 23.2 Å². The number of halogens is 2. The first kappa shape index (κ1) is 16.2. The molecule has 2 aromatic carbocycles. The van der Waals surface area contributed by atoms with E-state index >= 15 is 0 Å². The number of nitrogens with zero attached hydrogens (tertiary/aromatic N) is 1. The van der Waals surface area contributed by atoms with Crippen LogP contribution in [-0.2, 0) is 5.54 Å². The van der Waals surface area contributed by atoms with Crippen molar-refractivity contribution in [2.45, 2.75) is 18.4 Å². The van der Waals surface area contributed by atoms with Crippen molar-refractivity contribution in [1.82, 2.24) is 5.32 Å². The largest absolute Gasteiger partial charge is 0.378 e. The van der Waals surface area contributed by atoms with Gasteiger partial charge in [0.2, 0.25) is 0 Å². The van der Waals surface area contributed by atoms with E-state index in [2.05, 4.69) is 5.32 Å². The van der Waals surface area contributed by atoms with Crippen LogP contribution in [0.2, 0.25) is 10.0 Å². The van der Waals surface area contributed by atoms with Crippen LogP contribution in [0, 0.1) is 0 Å². The van der Waals surface area contributed by atoms with Gasteiger partial charge in [-0.1, -0.05) is 29.3 Å². The molecule has 120 valence electrons. The van der Waals surface area contributed by atoms with Gasteiger partial charge in [-0.25, -0.2) is 0 Å². The van der Waals surface area contributed by atoms with E-state index in [0.717, 1.165) is 24.1 Å². The van der Waals surface area contributed by atoms with E-state index in [-0.39, 0.29) is 11.4 Å². The second-order valence-corrected chi connectivity index (χ2v) is 6.95. The Morgan fingerprint density at radius 1 is 1.09 bits per heavy atom. The molecule has 1 fully saturated rings. The summed E-state index contributed by atoms with van der Waals surface area (Å²) in [5.41, 5.74) is 2.27. The van der Waals surface area contributed by atoms with Crippen molar-refractivity contribution in [1.29, 1.82) is 0 Å². The molecular weight excluding hydrogens is 331 g/mol. The minimum Gasteiger partial charge on any atom is -0.378 e. The van der Waals surface area contributed by atoms with Gasteiger partial charge in [0, 0.05) is 35.4 Å². The summed E-state index contributed by atoms with van der Waals surface area (Å²) in [6, 6.07) is 13.0. The molecule has 3 rings (SSSR count). The zero-order chi connectivity index (χ0) is 16.6. The van der Waals surface area contributed by atoms with Crippen molar-refractivity contribution < 1.29 is 4.79 Å². The molecule has 1 aliphatic rings. The smallest absolute Gasteiger partial charge is 0.251 e. The minimum atomic E-state index is -0.362. The summed E-state index contributed by atoms with van der Waals surface area (Å²) in [6.45, 7) is 0. The molecule has 1 aliphatic carbocycles. The zero-order valence-corrected chi connectivity index (χ0v) is 14.6. The molecule has 0 spiro atoms. The van der Waals surface area contributed by atoms with Crippen molar-refractivity contribution in [3.8, 4) is 0 Å². The van der Waals surface area contributed by atoms with Gasteiger partial charge < -0.3 is 10.2 Å². The lowest BCUT2D eigenvalue weighted by atomic mass is 10.0. The zero-order valence-electron chi connectivity index (χ0n) is 13.1. The van der Waals surface area contributed by atoms with Gasteiger partial charge in [0.05, 0.1) is 5.54 Å². The van der Waals surface area contributed by atoms with Gasteiger partial charge in [-0.05, 0) is 54.8 Å². The second-order valence-electron chi connectivity index (χ2n) is 6.10. The molecule has 0 aliphatic heterocycles. The summed E-state index contributed by atoms with van der Waals surface area (Å²) >= 11 is 12.3. The lowest BCUT2D eigenvalue weighted by molar-refractivity contribution is 0.0931. The number of hydrogen-bond donors (Lipinski definition) is 1. The molecule has 2 aromatic rings. The molecule has 1 N–H and O–H groups in total. The van der Waals surface area contributed by atoms with Gasteiger partial charge in [-0.2, -0.15) is 0 Å². The number of amides is 1. The van der Waals surface area contributed by atoms with Gasteiger partial charge in [0.1, 0.15) is 0 Å². The van der Waals surface area contributed by atoms with Crippen LogP contribution >= 0.6 is 23.2 Å². The van der Waals surface area contributed by atoms with Crippen LogP contribution in [0.4, 0.5) is 5.69 Å². The summed E-state index contributed by atoms with van der Waals surface area (Å²) in [4.78, 5) is 14.5. The Hall–Kier alpha value is -1.71. The predicted octanol–water partition coefficient (Wildman–Crippen LogP) is 4.48. The Morgan fingerprint density at radius 3 is 2.26 bits per heavy atom. The maximum atomic E-state index is 12.5. The molecule has 3 nitrogen and oxygen atoms in total. The summed E-state index contributed by atoms with van der Waals surface area (Å²) < 4.78 is 0. The molecule has 0 unspecified atom stereocenters. The van der Waals surface area contributed by atoms with E-state index in [1.807, 2.05) is 49.3 Å². The highest BCUT2D eigenvalue weighted by Gasteiger charge is 2.47. The van der Waals surface area contributed by atoms with E-state index in [0.29, 0.717) is 15.6 Å². The van der Waals surface area contributed by atoms with Gasteiger partial charge >= 0.3 is 0 Å². The standard InChI is InChI=1S/C18H18Cl2N2O/c1-22(2)14-6-3-12(4-7-14)17(23)21-18(9-10-18)15-8-5-13(19)11-16(15)20/h3-8,11H,9-10H2,1-2H3,(H,21,23). The fourth-order valence-corrected chi connectivity index (χ4v) is 3.25. The van der Waals surface area contributed by atoms with Crippen LogP contribution in [0.3, 0.4) is 0 Å². The highest BCUT2D eigenvalue weighted by Crippen LogP contribution is 2.48. The minimum absolute atomic E-state index is 0.0844. The van der Waals surface area contributed by atoms with E-state index in [1.165, 1.54) is 0 Å². The second kappa shape index (κ2) is 6.06. The predicted molar refractivity (Wildman–Crippen MR) is 95.6 cm³/mol. The molecule has 1 saturated carbocycles. The average molecular weight is 349 g/mol. The fraction of sp³-hybridized carbons (Fsp3) is 0.278. The van der Waals surface area contributed by atoms with Crippen LogP contribution < -0.4 is 10.2 Å². The monoisotopic (exact) mass is 348 g/mol. The molecule has 0 aromatic heterocycles. The number of anilines is 1. The average Bonchev–Trinajstić information content (AvgIpc) is 3.27. The summed E-state index contributed by atoms with van der Waals surface area (Å²) in [5.74, 6) is -0.0844. The summed E-state index contributed by atoms with van der Waals surface area (Å²) in [5, 5.41) is 4.32. The molecule has 0 atom stereocenters. The Kier molecular flexibility index (Phi) is 4.26. The molecule has 23 heavy (non-hydrogen) atoms. The molecule has 0 radical (unpaired) electrons. The highest BCUT2D eigenvalue weighted by atomic mass is 35.5. The van der Waals surface area contributed by atoms with Gasteiger partial charge in [-0.15, -0.1) is 0 Å². The maximum Gasteiger partial charge on any atom is 0.251 e. The lowest BCUT2D eigenvalue weighted by Gasteiger charge is -2.20. The summed E-state index contributed by atoms with van der Waals surface area (Å²) in [6.07, 6.45) is 1.77. The molecule has 0 heterocycles. The molecular formula is C18H18Cl2N2O. The van der Waals surface area contributed by atoms with Crippen molar-refractivity contribution >= 4 is 34.8 Å². The van der Waals surface area contributed by atoms with Crippen LogP contribution in [-0.4, -0.2) is 20.0 Å². The third kappa shape index (κ3) is 3.31. The number of carbonyl (C=O) groups excluding carboxylic acids is 1. The molecule has 1 amide bonds. The summed E-state index contributed by atoms with van der Waals surface area (Å²) in [7, 11) is 3.94. The Morgan fingerprint density at radius 2 is 1.74 bits per heavy atom. The van der Waals surface area contributed by atoms with Gasteiger partial charge in [-0.3, -0.25) is 4.79 Å². The Balaban J connectivity index is 1.79. The number of nitrogens with one attached hydrogen (secondary N) is 1. The van der Waals surface area contributed by atoms with E-state index < -0.39 is 0 Å². The Labute approximate surface area is 146 Å². The van der Waals surface area contributed by atoms with Crippen LogP contribution in [0.25, 0.3) is 0 Å². The number of benzene rings is 2. The molecule has 5 heteroatoms. The van der Waals surface area contributed by atoms with Crippen LogP contribution in [0.15, 0.2) is 42.5 Å². The van der Waals surface area contributed by atoms with E-state index in [9.17, 15) is 4.79 Å². The van der Waals surface area contributed by atoms with E-state index in [1.54, 1.807) is 12.1 Å². The first-order valence-electron chi connectivity index (χ1n) is 7.47. The maximum absolute atomic E-state index is 12.5. The third-order valence-electron chi connectivity index (χ3n) is 4.20. The Bertz CT molecular complexity index is 737. The quantitative estimate of drug-likeness (QED) is 0.883. The highest BCUT2D eigenvalue weighted by molar-refractivity contribution is 6.35. The molecule has 0 saturated heterocycles. The third-order valence-corrected chi connectivity index (χ3v) is 4.74. The normalized spacial score (nSPS) is 15.1. The van der Waals surface area contributed by atoms with Crippen LogP contribution in [0.1, 0.15) is 28.8 Å². The van der Waals surface area contributed by atoms with Crippen molar-refractivity contribution in [2.24, 2.45) is 0 Å². The topological polar surface area (TPSA) is 32.3 Å². The van der Waals surface area contributed by atoms with Crippen molar-refractivity contribution in [2.75, 3.05) is 19.0 Å². The number of carbonyl (C=O) groups is 1. The van der Waals surface area contributed by atoms with Crippen LogP contribution in [0.5, 0.6) is 0 Å². The SMILES string of the molecule is CN(C)c1ccc(C(=O)NC2(c3ccc(Cl)cc3Cl)CC2)cc1. The van der Waals surface area contributed by atoms with Crippen molar-refractivity contribution in [3.05, 3.63) is 63.6 Å².